The fourth-order valence-electron chi connectivity index (χ4n) is 4.18. The molecule has 212 valence electrons. The molecule has 0 amide bonds. The van der Waals surface area contributed by atoms with E-state index in [9.17, 15) is 18.0 Å². The SMILES string of the molecule is COC(=O)CN(C(C)c1nc(Oc2ccc(-c3ccccc3)cc2)ccc1C(=O)OC)S(=O)(=O)c1ccc(C)cc1. The van der Waals surface area contributed by atoms with Gasteiger partial charge in [-0.05, 0) is 55.3 Å². The van der Waals surface area contributed by atoms with Crippen molar-refractivity contribution in [2.24, 2.45) is 0 Å². The van der Waals surface area contributed by atoms with Crippen LogP contribution in [0.3, 0.4) is 0 Å². The first-order valence-electron chi connectivity index (χ1n) is 12.7. The van der Waals surface area contributed by atoms with Gasteiger partial charge in [-0.25, -0.2) is 18.2 Å². The molecule has 4 rings (SSSR count). The number of rotatable bonds is 10. The number of carbonyl (C=O) groups excluding carboxylic acids is 2. The summed E-state index contributed by atoms with van der Waals surface area (Å²) in [6, 6.07) is 25.3. The predicted molar refractivity (Wildman–Crippen MR) is 153 cm³/mol. The monoisotopic (exact) mass is 574 g/mol. The minimum absolute atomic E-state index is 0.0237. The standard InChI is InChI=1S/C31H30N2O7S/c1-21-10-16-26(17-11-21)41(36,37)33(20-29(34)38-3)22(2)30-27(31(35)39-4)18-19-28(32-30)40-25-14-12-24(13-15-25)23-8-6-5-7-9-23/h5-19,22H,20H2,1-4H3. The lowest BCUT2D eigenvalue weighted by Crippen LogP contribution is -2.39. The second kappa shape index (κ2) is 12.8. The van der Waals surface area contributed by atoms with Crippen LogP contribution in [0, 0.1) is 6.92 Å². The van der Waals surface area contributed by atoms with Crippen molar-refractivity contribution in [1.82, 2.24) is 9.29 Å². The van der Waals surface area contributed by atoms with Gasteiger partial charge in [0.1, 0.15) is 12.3 Å². The Hall–Kier alpha value is -4.54. The Morgan fingerprint density at radius 2 is 1.46 bits per heavy atom. The molecule has 0 saturated heterocycles. The molecule has 1 atom stereocenters. The van der Waals surface area contributed by atoms with E-state index in [1.165, 1.54) is 45.4 Å². The minimum Gasteiger partial charge on any atom is -0.468 e. The van der Waals surface area contributed by atoms with Crippen molar-refractivity contribution >= 4 is 22.0 Å². The van der Waals surface area contributed by atoms with E-state index in [0.29, 0.717) is 5.75 Å². The zero-order valence-electron chi connectivity index (χ0n) is 23.1. The van der Waals surface area contributed by atoms with E-state index in [-0.39, 0.29) is 22.0 Å². The third-order valence-electron chi connectivity index (χ3n) is 6.46. The Bertz CT molecular complexity index is 1620. The molecule has 0 radical (unpaired) electrons. The number of aryl methyl sites for hydroxylation is 1. The maximum Gasteiger partial charge on any atom is 0.339 e. The fraction of sp³-hybridized carbons (Fsp3) is 0.194. The topological polar surface area (TPSA) is 112 Å². The summed E-state index contributed by atoms with van der Waals surface area (Å²) in [7, 11) is -1.84. The lowest BCUT2D eigenvalue weighted by molar-refractivity contribution is -0.141. The fourth-order valence-corrected chi connectivity index (χ4v) is 5.73. The third kappa shape index (κ3) is 6.79. The molecule has 0 N–H and O–H groups in total. The van der Waals surface area contributed by atoms with Crippen LogP contribution < -0.4 is 4.74 Å². The van der Waals surface area contributed by atoms with Gasteiger partial charge in [0.05, 0.1) is 36.4 Å². The highest BCUT2D eigenvalue weighted by atomic mass is 32.2. The van der Waals surface area contributed by atoms with Gasteiger partial charge in [-0.1, -0.05) is 60.2 Å². The van der Waals surface area contributed by atoms with Crippen LogP contribution in [0.2, 0.25) is 0 Å². The molecule has 1 aromatic heterocycles. The molecule has 0 spiro atoms. The van der Waals surface area contributed by atoms with Crippen LogP contribution in [0.15, 0.2) is 95.9 Å². The van der Waals surface area contributed by atoms with Crippen LogP contribution in [0.1, 0.15) is 34.6 Å². The Balaban J connectivity index is 1.72. The van der Waals surface area contributed by atoms with Gasteiger partial charge in [0.2, 0.25) is 15.9 Å². The van der Waals surface area contributed by atoms with E-state index >= 15 is 0 Å². The summed E-state index contributed by atoms with van der Waals surface area (Å²) in [5, 5.41) is 0. The molecule has 0 saturated carbocycles. The highest BCUT2D eigenvalue weighted by molar-refractivity contribution is 7.89. The van der Waals surface area contributed by atoms with Crippen LogP contribution >= 0.6 is 0 Å². The van der Waals surface area contributed by atoms with Gasteiger partial charge < -0.3 is 14.2 Å². The second-order valence-corrected chi connectivity index (χ2v) is 11.1. The number of nitrogens with zero attached hydrogens (tertiary/aromatic N) is 2. The predicted octanol–water partition coefficient (Wildman–Crippen LogP) is 5.56. The summed E-state index contributed by atoms with van der Waals surface area (Å²) in [5.41, 5.74) is 3.00. The number of esters is 2. The van der Waals surface area contributed by atoms with Crippen molar-refractivity contribution in [3.63, 3.8) is 0 Å². The van der Waals surface area contributed by atoms with Crippen molar-refractivity contribution in [1.29, 1.82) is 0 Å². The average Bonchev–Trinajstić information content (AvgIpc) is 3.00. The summed E-state index contributed by atoms with van der Waals surface area (Å²) >= 11 is 0. The van der Waals surface area contributed by atoms with Crippen molar-refractivity contribution in [3.8, 4) is 22.8 Å². The molecule has 0 aliphatic rings. The molecule has 0 bridgehead atoms. The first-order valence-corrected chi connectivity index (χ1v) is 14.2. The van der Waals surface area contributed by atoms with Crippen molar-refractivity contribution in [2.45, 2.75) is 24.8 Å². The molecule has 9 nitrogen and oxygen atoms in total. The van der Waals surface area contributed by atoms with Gasteiger partial charge >= 0.3 is 11.9 Å². The quantitative estimate of drug-likeness (QED) is 0.226. The van der Waals surface area contributed by atoms with E-state index in [0.717, 1.165) is 21.0 Å². The first kappa shape index (κ1) is 29.4. The number of methoxy groups -OCH3 is 2. The van der Waals surface area contributed by atoms with Crippen LogP contribution in [0.5, 0.6) is 11.6 Å². The zero-order chi connectivity index (χ0) is 29.6. The Morgan fingerprint density at radius 1 is 0.829 bits per heavy atom. The number of hydrogen-bond acceptors (Lipinski definition) is 8. The number of hydrogen-bond donors (Lipinski definition) is 0. The second-order valence-electron chi connectivity index (χ2n) is 9.18. The van der Waals surface area contributed by atoms with Crippen LogP contribution in [-0.2, 0) is 24.3 Å². The van der Waals surface area contributed by atoms with Crippen molar-refractivity contribution in [3.05, 3.63) is 108 Å². The van der Waals surface area contributed by atoms with Gasteiger partial charge in [0, 0.05) is 6.07 Å². The third-order valence-corrected chi connectivity index (χ3v) is 8.39. The largest absolute Gasteiger partial charge is 0.468 e. The van der Waals surface area contributed by atoms with Crippen LogP contribution in [0.25, 0.3) is 11.1 Å². The lowest BCUT2D eigenvalue weighted by Gasteiger charge is -2.28. The molecule has 4 aromatic rings. The van der Waals surface area contributed by atoms with E-state index in [2.05, 4.69) is 4.98 Å². The van der Waals surface area contributed by atoms with E-state index in [4.69, 9.17) is 14.2 Å². The maximum absolute atomic E-state index is 13.7. The minimum atomic E-state index is -4.22. The molecule has 3 aromatic carbocycles. The number of ether oxygens (including phenoxy) is 3. The highest BCUT2D eigenvalue weighted by Gasteiger charge is 2.35. The normalized spacial score (nSPS) is 12.0. The summed E-state index contributed by atoms with van der Waals surface area (Å²) in [5.74, 6) is -0.889. The lowest BCUT2D eigenvalue weighted by atomic mass is 10.1. The molecule has 1 heterocycles. The number of aromatic nitrogens is 1. The summed E-state index contributed by atoms with van der Waals surface area (Å²) in [6.07, 6.45) is 0. The Kier molecular flexibility index (Phi) is 9.16. The molecule has 1 unspecified atom stereocenters. The van der Waals surface area contributed by atoms with Crippen LogP contribution in [-0.4, -0.2) is 50.4 Å². The molecule has 10 heteroatoms. The van der Waals surface area contributed by atoms with Gasteiger partial charge in [-0.3, -0.25) is 4.79 Å². The number of benzene rings is 3. The highest BCUT2D eigenvalue weighted by Crippen LogP contribution is 2.32. The smallest absolute Gasteiger partial charge is 0.339 e. The van der Waals surface area contributed by atoms with Gasteiger partial charge in [0.15, 0.2) is 0 Å². The van der Waals surface area contributed by atoms with Crippen molar-refractivity contribution in [2.75, 3.05) is 20.8 Å². The zero-order valence-corrected chi connectivity index (χ0v) is 23.9. The Morgan fingerprint density at radius 3 is 2.07 bits per heavy atom. The number of carbonyl (C=O) groups is 2. The molecule has 41 heavy (non-hydrogen) atoms. The maximum atomic E-state index is 13.7. The molecule has 0 aliphatic heterocycles. The van der Waals surface area contributed by atoms with E-state index in [1.54, 1.807) is 24.3 Å². The molecule has 0 aliphatic carbocycles. The molecular formula is C31H30N2O7S. The molecular weight excluding hydrogens is 544 g/mol. The summed E-state index contributed by atoms with van der Waals surface area (Å²) in [4.78, 5) is 29.5. The van der Waals surface area contributed by atoms with Crippen LogP contribution in [0.4, 0.5) is 0 Å². The average molecular weight is 575 g/mol. The van der Waals surface area contributed by atoms with E-state index < -0.39 is 34.5 Å². The molecule has 0 fully saturated rings. The van der Waals surface area contributed by atoms with Gasteiger partial charge in [0.25, 0.3) is 0 Å². The number of sulfonamides is 1. The van der Waals surface area contributed by atoms with Crippen molar-refractivity contribution < 1.29 is 32.2 Å². The summed E-state index contributed by atoms with van der Waals surface area (Å²) in [6.45, 7) is 2.75. The van der Waals surface area contributed by atoms with Gasteiger partial charge in [-0.15, -0.1) is 0 Å². The summed E-state index contributed by atoms with van der Waals surface area (Å²) < 4.78 is 44.1. The Labute approximate surface area is 239 Å². The van der Waals surface area contributed by atoms with E-state index in [1.807, 2.05) is 49.4 Å². The first-order chi connectivity index (χ1) is 19.6. The number of pyridine rings is 1. The van der Waals surface area contributed by atoms with Gasteiger partial charge in [-0.2, -0.15) is 4.31 Å².